The van der Waals surface area contributed by atoms with Crippen LogP contribution in [0.2, 0.25) is 0 Å². The Bertz CT molecular complexity index is 322. The number of carboxylic acids is 1. The first-order valence-electron chi connectivity index (χ1n) is 5.45. The molecule has 0 heterocycles. The number of carbonyl (C=O) groups excluding carboxylic acids is 1. The SMILES string of the molecule is CCCCCCC(=CC(=O)NC(=O)O)C(=O)O. The van der Waals surface area contributed by atoms with Crippen LogP contribution in [-0.4, -0.2) is 28.2 Å². The Morgan fingerprint density at radius 1 is 1.12 bits per heavy atom. The normalized spacial score (nSPS) is 11.0. The predicted octanol–water partition coefficient (Wildman–Crippen LogP) is 1.76. The lowest BCUT2D eigenvalue weighted by Crippen LogP contribution is -2.27. The number of aliphatic carboxylic acids is 1. The summed E-state index contributed by atoms with van der Waals surface area (Å²) in [6, 6.07) is 0. The van der Waals surface area contributed by atoms with Gasteiger partial charge in [-0.1, -0.05) is 26.2 Å². The Hall–Kier alpha value is -1.85. The van der Waals surface area contributed by atoms with Gasteiger partial charge in [-0.25, -0.2) is 9.59 Å². The molecule has 17 heavy (non-hydrogen) atoms. The van der Waals surface area contributed by atoms with E-state index < -0.39 is 18.0 Å². The quantitative estimate of drug-likeness (QED) is 0.467. The Labute approximate surface area is 99.3 Å². The van der Waals surface area contributed by atoms with E-state index in [4.69, 9.17) is 10.2 Å². The summed E-state index contributed by atoms with van der Waals surface area (Å²) >= 11 is 0. The van der Waals surface area contributed by atoms with Crippen molar-refractivity contribution in [1.29, 1.82) is 0 Å². The molecule has 0 spiro atoms. The predicted molar refractivity (Wildman–Crippen MR) is 60.6 cm³/mol. The van der Waals surface area contributed by atoms with E-state index in [0.717, 1.165) is 25.3 Å². The second-order valence-corrected chi connectivity index (χ2v) is 3.58. The first-order chi connectivity index (χ1) is 7.97. The van der Waals surface area contributed by atoms with Gasteiger partial charge in [-0.15, -0.1) is 0 Å². The molecule has 0 aromatic carbocycles. The second-order valence-electron chi connectivity index (χ2n) is 3.58. The van der Waals surface area contributed by atoms with Crippen LogP contribution in [0.15, 0.2) is 11.6 Å². The molecule has 2 amide bonds. The maximum atomic E-state index is 11.0. The first kappa shape index (κ1) is 15.2. The smallest absolute Gasteiger partial charge is 0.411 e. The summed E-state index contributed by atoms with van der Waals surface area (Å²) in [7, 11) is 0. The highest BCUT2D eigenvalue weighted by Gasteiger charge is 2.10. The van der Waals surface area contributed by atoms with Gasteiger partial charge in [0, 0.05) is 11.6 Å². The molecule has 0 radical (unpaired) electrons. The summed E-state index contributed by atoms with van der Waals surface area (Å²) < 4.78 is 0. The van der Waals surface area contributed by atoms with E-state index in [2.05, 4.69) is 0 Å². The Morgan fingerprint density at radius 2 is 1.76 bits per heavy atom. The van der Waals surface area contributed by atoms with Crippen molar-refractivity contribution in [3.8, 4) is 0 Å². The van der Waals surface area contributed by atoms with Gasteiger partial charge >= 0.3 is 12.1 Å². The minimum Gasteiger partial charge on any atom is -0.478 e. The molecule has 0 aromatic rings. The molecule has 0 aromatic heterocycles. The molecule has 0 atom stereocenters. The van der Waals surface area contributed by atoms with Crippen LogP contribution in [0.25, 0.3) is 0 Å². The number of imide groups is 1. The fourth-order valence-corrected chi connectivity index (χ4v) is 1.28. The van der Waals surface area contributed by atoms with Gasteiger partial charge in [0.25, 0.3) is 5.91 Å². The maximum absolute atomic E-state index is 11.0. The van der Waals surface area contributed by atoms with Gasteiger partial charge in [-0.05, 0) is 12.8 Å². The van der Waals surface area contributed by atoms with Crippen LogP contribution in [0.3, 0.4) is 0 Å². The summed E-state index contributed by atoms with van der Waals surface area (Å²) in [5, 5.41) is 18.7. The van der Waals surface area contributed by atoms with Gasteiger partial charge in [0.1, 0.15) is 0 Å². The monoisotopic (exact) mass is 243 g/mol. The highest BCUT2D eigenvalue weighted by molar-refractivity contribution is 6.02. The molecule has 0 rings (SSSR count). The highest BCUT2D eigenvalue weighted by Crippen LogP contribution is 2.10. The molecular formula is C11H17NO5. The summed E-state index contributed by atoms with van der Waals surface area (Å²) in [5.74, 6) is -2.12. The van der Waals surface area contributed by atoms with Crippen LogP contribution in [-0.2, 0) is 9.59 Å². The van der Waals surface area contributed by atoms with E-state index in [0.29, 0.717) is 6.42 Å². The molecular weight excluding hydrogens is 226 g/mol. The number of rotatable bonds is 7. The molecule has 0 aliphatic rings. The number of carboxylic acid groups (broad SMARTS) is 2. The minimum atomic E-state index is -1.50. The standard InChI is InChI=1S/C11H17NO5/c1-2-3-4-5-6-8(10(14)15)7-9(13)12-11(16)17/h7H,2-6H2,1H3,(H,12,13)(H,14,15)(H,16,17). The van der Waals surface area contributed by atoms with Crippen molar-refractivity contribution in [3.05, 3.63) is 11.6 Å². The van der Waals surface area contributed by atoms with E-state index in [9.17, 15) is 14.4 Å². The van der Waals surface area contributed by atoms with Crippen molar-refractivity contribution in [1.82, 2.24) is 5.32 Å². The number of amides is 2. The second kappa shape index (κ2) is 8.32. The highest BCUT2D eigenvalue weighted by atomic mass is 16.4. The summed E-state index contributed by atoms with van der Waals surface area (Å²) in [4.78, 5) is 32.0. The van der Waals surface area contributed by atoms with Gasteiger partial charge in [-0.3, -0.25) is 10.1 Å². The van der Waals surface area contributed by atoms with Crippen LogP contribution in [0.1, 0.15) is 39.0 Å². The molecule has 0 unspecified atom stereocenters. The lowest BCUT2D eigenvalue weighted by molar-refractivity contribution is -0.133. The fourth-order valence-electron chi connectivity index (χ4n) is 1.28. The van der Waals surface area contributed by atoms with Crippen molar-refractivity contribution < 1.29 is 24.6 Å². The third-order valence-corrected chi connectivity index (χ3v) is 2.11. The summed E-state index contributed by atoms with van der Waals surface area (Å²) in [6.07, 6.45) is 3.19. The average Bonchev–Trinajstić information content (AvgIpc) is 2.21. The number of nitrogens with one attached hydrogen (secondary N) is 1. The van der Waals surface area contributed by atoms with E-state index in [-0.39, 0.29) is 12.0 Å². The molecule has 96 valence electrons. The Kier molecular flexibility index (Phi) is 7.41. The molecule has 3 N–H and O–H groups in total. The molecule has 0 bridgehead atoms. The number of carbonyl (C=O) groups is 3. The molecule has 6 nitrogen and oxygen atoms in total. The molecule has 6 heteroatoms. The van der Waals surface area contributed by atoms with Crippen molar-refractivity contribution in [3.63, 3.8) is 0 Å². The fraction of sp³-hybridized carbons (Fsp3) is 0.545. The largest absolute Gasteiger partial charge is 0.478 e. The summed E-state index contributed by atoms with van der Waals surface area (Å²) in [6.45, 7) is 2.04. The minimum absolute atomic E-state index is 0.0696. The third-order valence-electron chi connectivity index (χ3n) is 2.11. The van der Waals surface area contributed by atoms with E-state index in [1.54, 1.807) is 5.32 Å². The van der Waals surface area contributed by atoms with Crippen LogP contribution in [0.5, 0.6) is 0 Å². The van der Waals surface area contributed by atoms with Gasteiger partial charge < -0.3 is 10.2 Å². The zero-order chi connectivity index (χ0) is 13.3. The van der Waals surface area contributed by atoms with E-state index >= 15 is 0 Å². The van der Waals surface area contributed by atoms with Gasteiger partial charge in [-0.2, -0.15) is 0 Å². The first-order valence-corrected chi connectivity index (χ1v) is 5.45. The van der Waals surface area contributed by atoms with E-state index in [1.165, 1.54) is 0 Å². The number of hydrogen-bond acceptors (Lipinski definition) is 3. The molecule has 0 aliphatic carbocycles. The number of hydrogen-bond donors (Lipinski definition) is 3. The van der Waals surface area contributed by atoms with Gasteiger partial charge in [0.05, 0.1) is 0 Å². The van der Waals surface area contributed by atoms with Crippen LogP contribution < -0.4 is 5.32 Å². The topological polar surface area (TPSA) is 104 Å². The van der Waals surface area contributed by atoms with E-state index in [1.807, 2.05) is 6.92 Å². The third kappa shape index (κ3) is 8.01. The van der Waals surface area contributed by atoms with Gasteiger partial charge in [0.15, 0.2) is 0 Å². The lowest BCUT2D eigenvalue weighted by Gasteiger charge is -2.02. The average molecular weight is 243 g/mol. The van der Waals surface area contributed by atoms with Crippen LogP contribution >= 0.6 is 0 Å². The maximum Gasteiger partial charge on any atom is 0.411 e. The van der Waals surface area contributed by atoms with Crippen molar-refractivity contribution in [2.75, 3.05) is 0 Å². The Morgan fingerprint density at radius 3 is 2.24 bits per heavy atom. The van der Waals surface area contributed by atoms with Gasteiger partial charge in [0.2, 0.25) is 0 Å². The molecule has 0 saturated carbocycles. The van der Waals surface area contributed by atoms with Crippen molar-refractivity contribution in [2.45, 2.75) is 39.0 Å². The Balaban J connectivity index is 4.31. The molecule has 0 fully saturated rings. The lowest BCUT2D eigenvalue weighted by atomic mass is 10.1. The van der Waals surface area contributed by atoms with Crippen molar-refractivity contribution >= 4 is 18.0 Å². The molecule has 0 saturated heterocycles. The molecule has 0 aliphatic heterocycles. The zero-order valence-electron chi connectivity index (χ0n) is 9.73. The van der Waals surface area contributed by atoms with Crippen LogP contribution in [0, 0.1) is 0 Å². The number of unbranched alkanes of at least 4 members (excludes halogenated alkanes) is 3. The van der Waals surface area contributed by atoms with Crippen LogP contribution in [0.4, 0.5) is 4.79 Å². The summed E-state index contributed by atoms with van der Waals surface area (Å²) in [5.41, 5.74) is -0.0696. The van der Waals surface area contributed by atoms with Crippen molar-refractivity contribution in [2.24, 2.45) is 0 Å². The zero-order valence-corrected chi connectivity index (χ0v) is 9.73.